The number of fused-ring (bicyclic) bond motifs is 2. The number of halogens is 2. The largest absolute Gasteiger partial charge is 0.349 e. The third-order valence-corrected chi connectivity index (χ3v) is 6.46. The van der Waals surface area contributed by atoms with Gasteiger partial charge in [-0.15, -0.1) is 12.4 Å². The first-order valence-corrected chi connectivity index (χ1v) is 10.9. The zero-order valence-corrected chi connectivity index (χ0v) is 18.8. The van der Waals surface area contributed by atoms with Crippen LogP contribution in [0.5, 0.6) is 0 Å². The summed E-state index contributed by atoms with van der Waals surface area (Å²) < 4.78 is 13.5. The summed E-state index contributed by atoms with van der Waals surface area (Å²) in [5.74, 6) is 1.43. The number of nitrogens with zero attached hydrogens (tertiary/aromatic N) is 3. The van der Waals surface area contributed by atoms with Gasteiger partial charge in [0.05, 0.1) is 11.7 Å². The van der Waals surface area contributed by atoms with Crippen LogP contribution in [-0.4, -0.2) is 16.5 Å². The topological polar surface area (TPSA) is 41.1 Å². The molecule has 0 saturated heterocycles. The van der Waals surface area contributed by atoms with Gasteiger partial charge in [0.1, 0.15) is 11.6 Å². The zero-order chi connectivity index (χ0) is 20.7. The summed E-state index contributed by atoms with van der Waals surface area (Å²) in [5, 5.41) is 3.35. The molecule has 1 unspecified atom stereocenters. The molecule has 0 spiro atoms. The van der Waals surface area contributed by atoms with Crippen LogP contribution in [0.1, 0.15) is 53.8 Å². The number of aromatic nitrogens is 2. The van der Waals surface area contributed by atoms with Crippen LogP contribution in [0.4, 0.5) is 21.8 Å². The maximum atomic E-state index is 13.5. The molecule has 0 saturated carbocycles. The van der Waals surface area contributed by atoms with Crippen molar-refractivity contribution in [3.05, 3.63) is 76.2 Å². The van der Waals surface area contributed by atoms with E-state index in [0.29, 0.717) is 5.95 Å². The molecular weight excluding hydrogens is 411 g/mol. The summed E-state index contributed by atoms with van der Waals surface area (Å²) in [6.07, 6.45) is 5.40. The van der Waals surface area contributed by atoms with Crippen molar-refractivity contribution in [3.63, 3.8) is 0 Å². The molecule has 5 rings (SSSR count). The molecule has 2 aliphatic rings. The average Bonchev–Trinajstić information content (AvgIpc) is 2.76. The van der Waals surface area contributed by atoms with E-state index in [4.69, 9.17) is 9.97 Å². The lowest BCUT2D eigenvalue weighted by atomic mass is 9.91. The van der Waals surface area contributed by atoms with E-state index in [1.165, 1.54) is 35.2 Å². The van der Waals surface area contributed by atoms with Gasteiger partial charge in [-0.25, -0.2) is 9.37 Å². The van der Waals surface area contributed by atoms with Crippen molar-refractivity contribution in [3.8, 4) is 0 Å². The fourth-order valence-electron chi connectivity index (χ4n) is 4.82. The normalized spacial score (nSPS) is 17.4. The Balaban J connectivity index is 0.00000231. The first-order valence-electron chi connectivity index (χ1n) is 10.9. The molecule has 6 heteroatoms. The van der Waals surface area contributed by atoms with Crippen LogP contribution in [0.15, 0.2) is 42.5 Å². The van der Waals surface area contributed by atoms with Crippen molar-refractivity contribution in [2.75, 3.05) is 16.8 Å². The van der Waals surface area contributed by atoms with Gasteiger partial charge in [0, 0.05) is 17.8 Å². The van der Waals surface area contributed by atoms with Crippen LogP contribution >= 0.6 is 12.4 Å². The molecule has 1 N–H and O–H groups in total. The Morgan fingerprint density at radius 2 is 1.84 bits per heavy atom. The van der Waals surface area contributed by atoms with Gasteiger partial charge in [-0.05, 0) is 80.8 Å². The summed E-state index contributed by atoms with van der Waals surface area (Å²) in [7, 11) is 0. The molecule has 3 aromatic rings. The lowest BCUT2D eigenvalue weighted by Gasteiger charge is -2.38. The SMILES string of the molecule is Cc1cc(F)ccc1Nc1nc2c(c(N3CCc4ccccc4C3C)n1)CCCC2.Cl. The van der Waals surface area contributed by atoms with Gasteiger partial charge in [-0.3, -0.25) is 0 Å². The molecule has 162 valence electrons. The molecule has 0 amide bonds. The van der Waals surface area contributed by atoms with Gasteiger partial charge in [0.25, 0.3) is 0 Å². The summed E-state index contributed by atoms with van der Waals surface area (Å²) in [5.41, 5.74) is 6.96. The number of hydrogen-bond acceptors (Lipinski definition) is 4. The van der Waals surface area contributed by atoms with Crippen molar-refractivity contribution in [2.45, 2.75) is 52.0 Å². The third kappa shape index (κ3) is 4.11. The van der Waals surface area contributed by atoms with Crippen molar-refractivity contribution in [1.29, 1.82) is 0 Å². The molecular formula is C25H28ClFN4. The van der Waals surface area contributed by atoms with Crippen LogP contribution in [0.3, 0.4) is 0 Å². The van der Waals surface area contributed by atoms with Crippen molar-refractivity contribution < 1.29 is 4.39 Å². The smallest absolute Gasteiger partial charge is 0.229 e. The molecule has 4 nitrogen and oxygen atoms in total. The van der Waals surface area contributed by atoms with E-state index in [2.05, 4.69) is 41.4 Å². The molecule has 0 radical (unpaired) electrons. The molecule has 1 aromatic heterocycles. The summed E-state index contributed by atoms with van der Waals surface area (Å²) in [6, 6.07) is 13.8. The summed E-state index contributed by atoms with van der Waals surface area (Å²) in [4.78, 5) is 12.3. The maximum Gasteiger partial charge on any atom is 0.229 e. The van der Waals surface area contributed by atoms with E-state index in [-0.39, 0.29) is 24.3 Å². The minimum absolute atomic E-state index is 0. The van der Waals surface area contributed by atoms with Crippen LogP contribution < -0.4 is 10.2 Å². The predicted molar refractivity (Wildman–Crippen MR) is 126 cm³/mol. The minimum Gasteiger partial charge on any atom is -0.349 e. The lowest BCUT2D eigenvalue weighted by molar-refractivity contribution is 0.599. The Bertz CT molecular complexity index is 1100. The highest BCUT2D eigenvalue weighted by Gasteiger charge is 2.29. The highest BCUT2D eigenvalue weighted by atomic mass is 35.5. The van der Waals surface area contributed by atoms with Crippen molar-refractivity contribution in [1.82, 2.24) is 9.97 Å². The lowest BCUT2D eigenvalue weighted by Crippen LogP contribution is -2.36. The standard InChI is InChI=1S/C25H27FN4.ClH/c1-16-15-19(26)11-12-22(16)27-25-28-23-10-6-5-9-21(23)24(29-25)30-14-13-18-7-3-4-8-20(18)17(30)2;/h3-4,7-8,11-12,15,17H,5-6,9-10,13-14H2,1-2H3,(H,27,28,29);1H. The molecule has 0 fully saturated rings. The number of hydrogen-bond donors (Lipinski definition) is 1. The van der Waals surface area contributed by atoms with Gasteiger partial charge in [-0.1, -0.05) is 24.3 Å². The first kappa shape index (κ1) is 21.6. The second-order valence-electron chi connectivity index (χ2n) is 8.41. The Morgan fingerprint density at radius 1 is 1.03 bits per heavy atom. The van der Waals surface area contributed by atoms with Crippen LogP contribution in [-0.2, 0) is 19.3 Å². The second kappa shape index (κ2) is 8.83. The summed E-state index contributed by atoms with van der Waals surface area (Å²) in [6.45, 7) is 5.12. The van der Waals surface area contributed by atoms with E-state index in [0.717, 1.165) is 55.0 Å². The van der Waals surface area contributed by atoms with Crippen LogP contribution in [0.25, 0.3) is 0 Å². The summed E-state index contributed by atoms with van der Waals surface area (Å²) >= 11 is 0. The van der Waals surface area contributed by atoms with Crippen LogP contribution in [0, 0.1) is 12.7 Å². The van der Waals surface area contributed by atoms with Crippen molar-refractivity contribution >= 4 is 29.9 Å². The predicted octanol–water partition coefficient (Wildman–Crippen LogP) is 6.09. The van der Waals surface area contributed by atoms with Gasteiger partial charge >= 0.3 is 0 Å². The molecule has 1 aliphatic carbocycles. The van der Waals surface area contributed by atoms with Gasteiger partial charge < -0.3 is 10.2 Å². The van der Waals surface area contributed by atoms with E-state index in [1.54, 1.807) is 6.07 Å². The monoisotopic (exact) mass is 438 g/mol. The highest BCUT2D eigenvalue weighted by Crippen LogP contribution is 2.37. The number of benzene rings is 2. The van der Waals surface area contributed by atoms with Gasteiger partial charge in [0.2, 0.25) is 5.95 Å². The van der Waals surface area contributed by atoms with Gasteiger partial charge in [-0.2, -0.15) is 4.98 Å². The zero-order valence-electron chi connectivity index (χ0n) is 18.0. The van der Waals surface area contributed by atoms with Crippen molar-refractivity contribution in [2.24, 2.45) is 0 Å². The molecule has 1 aliphatic heterocycles. The molecule has 2 aromatic carbocycles. The third-order valence-electron chi connectivity index (χ3n) is 6.46. The van der Waals surface area contributed by atoms with E-state index < -0.39 is 0 Å². The first-order chi connectivity index (χ1) is 14.6. The van der Waals surface area contributed by atoms with E-state index >= 15 is 0 Å². The Morgan fingerprint density at radius 3 is 2.68 bits per heavy atom. The Kier molecular flexibility index (Phi) is 6.15. The Labute approximate surface area is 189 Å². The van der Waals surface area contributed by atoms with E-state index in [1.807, 2.05) is 6.92 Å². The molecule has 0 bridgehead atoms. The number of anilines is 3. The number of rotatable bonds is 3. The van der Waals surface area contributed by atoms with Crippen LogP contribution in [0.2, 0.25) is 0 Å². The second-order valence-corrected chi connectivity index (χ2v) is 8.41. The molecule has 1 atom stereocenters. The minimum atomic E-state index is -0.231. The van der Waals surface area contributed by atoms with Gasteiger partial charge in [0.15, 0.2) is 0 Å². The molecule has 31 heavy (non-hydrogen) atoms. The number of nitrogens with one attached hydrogen (secondary N) is 1. The average molecular weight is 439 g/mol. The quantitative estimate of drug-likeness (QED) is 0.537. The fourth-order valence-corrected chi connectivity index (χ4v) is 4.82. The molecule has 2 heterocycles. The highest BCUT2D eigenvalue weighted by molar-refractivity contribution is 5.85. The maximum absolute atomic E-state index is 13.5. The Hall–Kier alpha value is -2.66. The number of aryl methyl sites for hydroxylation is 2. The van der Waals surface area contributed by atoms with E-state index in [9.17, 15) is 4.39 Å². The fraction of sp³-hybridized carbons (Fsp3) is 0.360.